The van der Waals surface area contributed by atoms with Gasteiger partial charge in [-0.3, -0.25) is 4.79 Å². The average Bonchev–Trinajstić information content (AvgIpc) is 2.07. The summed E-state index contributed by atoms with van der Waals surface area (Å²) in [6.07, 6.45) is 2.73. The maximum Gasteiger partial charge on any atom is 0.236 e. The van der Waals surface area contributed by atoms with Crippen LogP contribution < -0.4 is 5.32 Å². The number of carbonyl (C=O) groups excluding carboxylic acids is 1. The molecular weight excluding hydrogens is 152 g/mol. The van der Waals surface area contributed by atoms with Crippen LogP contribution in [0.5, 0.6) is 0 Å². The van der Waals surface area contributed by atoms with Gasteiger partial charge in [0.1, 0.15) is 0 Å². The fourth-order valence-electron chi connectivity index (χ4n) is 1.33. The van der Waals surface area contributed by atoms with Crippen LogP contribution >= 0.6 is 0 Å². The zero-order valence-electron chi connectivity index (χ0n) is 7.55. The average molecular weight is 168 g/mol. The second-order valence-electron chi connectivity index (χ2n) is 3.20. The molecule has 0 aliphatic carbocycles. The Balaban J connectivity index is 2.38. The van der Waals surface area contributed by atoms with Crippen LogP contribution in [0.3, 0.4) is 0 Å². The molecule has 1 amide bonds. The zero-order valence-corrected chi connectivity index (χ0v) is 7.55. The van der Waals surface area contributed by atoms with Crippen LogP contribution in [0.25, 0.3) is 0 Å². The Hall–Kier alpha value is -0.830. The molecule has 1 heterocycles. The molecule has 0 aromatic carbocycles. The normalized spacial score (nSPS) is 24.2. The monoisotopic (exact) mass is 168 g/mol. The highest BCUT2D eigenvalue weighted by Gasteiger charge is 2.20. The second kappa shape index (κ2) is 4.26. The van der Waals surface area contributed by atoms with Crippen molar-refractivity contribution in [2.45, 2.75) is 19.4 Å². The Morgan fingerprint density at radius 2 is 2.58 bits per heavy atom. The van der Waals surface area contributed by atoms with Crippen molar-refractivity contribution >= 4 is 5.91 Å². The van der Waals surface area contributed by atoms with Gasteiger partial charge < -0.3 is 10.2 Å². The van der Waals surface area contributed by atoms with Gasteiger partial charge in [-0.15, -0.1) is 6.58 Å². The van der Waals surface area contributed by atoms with Crippen molar-refractivity contribution in [2.24, 2.45) is 0 Å². The summed E-state index contributed by atoms with van der Waals surface area (Å²) in [5.74, 6) is 0.204. The van der Waals surface area contributed by atoms with Crippen LogP contribution in [0.2, 0.25) is 0 Å². The topological polar surface area (TPSA) is 32.3 Å². The highest BCUT2D eigenvalue weighted by atomic mass is 16.2. The van der Waals surface area contributed by atoms with Gasteiger partial charge in [0.2, 0.25) is 5.91 Å². The molecule has 1 fully saturated rings. The molecule has 1 aliphatic heterocycles. The number of rotatable bonds is 3. The fraction of sp³-hybridized carbons (Fsp3) is 0.667. The Morgan fingerprint density at radius 1 is 1.83 bits per heavy atom. The van der Waals surface area contributed by atoms with Crippen LogP contribution in [0.1, 0.15) is 13.3 Å². The molecule has 68 valence electrons. The predicted molar refractivity (Wildman–Crippen MR) is 48.9 cm³/mol. The molecule has 0 radical (unpaired) electrons. The highest BCUT2D eigenvalue weighted by Crippen LogP contribution is 2.00. The molecule has 1 rings (SSSR count). The number of carbonyl (C=O) groups is 1. The molecule has 0 unspecified atom stereocenters. The quantitative estimate of drug-likeness (QED) is 0.618. The number of piperazine rings is 1. The van der Waals surface area contributed by atoms with E-state index in [2.05, 4.69) is 18.8 Å². The molecular formula is C9H16N2O. The third kappa shape index (κ3) is 2.34. The van der Waals surface area contributed by atoms with E-state index in [1.807, 2.05) is 11.0 Å². The Bertz CT molecular complexity index is 179. The van der Waals surface area contributed by atoms with Crippen LogP contribution in [0.4, 0.5) is 0 Å². The summed E-state index contributed by atoms with van der Waals surface area (Å²) in [5, 5.41) is 3.12. The summed E-state index contributed by atoms with van der Waals surface area (Å²) in [6.45, 7) is 7.85. The van der Waals surface area contributed by atoms with Crippen LogP contribution in [-0.2, 0) is 4.79 Å². The molecule has 0 aromatic rings. The van der Waals surface area contributed by atoms with Gasteiger partial charge in [-0.1, -0.05) is 6.08 Å². The molecule has 1 atom stereocenters. The van der Waals surface area contributed by atoms with E-state index in [9.17, 15) is 4.79 Å². The van der Waals surface area contributed by atoms with Crippen molar-refractivity contribution in [3.63, 3.8) is 0 Å². The maximum atomic E-state index is 11.3. The lowest BCUT2D eigenvalue weighted by atomic mass is 10.2. The SMILES string of the molecule is C=CCCN1C[C@H](C)NCC1=O. The maximum absolute atomic E-state index is 11.3. The van der Waals surface area contributed by atoms with Gasteiger partial charge in [0, 0.05) is 19.1 Å². The lowest BCUT2D eigenvalue weighted by Crippen LogP contribution is -2.52. The lowest BCUT2D eigenvalue weighted by Gasteiger charge is -2.31. The molecule has 1 aliphatic rings. The van der Waals surface area contributed by atoms with E-state index in [1.165, 1.54) is 0 Å². The molecule has 3 heteroatoms. The smallest absolute Gasteiger partial charge is 0.236 e. The van der Waals surface area contributed by atoms with E-state index in [0.717, 1.165) is 19.5 Å². The van der Waals surface area contributed by atoms with E-state index in [0.29, 0.717) is 12.6 Å². The van der Waals surface area contributed by atoms with Crippen molar-refractivity contribution in [1.29, 1.82) is 0 Å². The summed E-state index contributed by atoms with van der Waals surface area (Å²) in [6, 6.07) is 0.424. The molecule has 1 saturated heterocycles. The summed E-state index contributed by atoms with van der Waals surface area (Å²) >= 11 is 0. The van der Waals surface area contributed by atoms with Crippen LogP contribution in [-0.4, -0.2) is 36.5 Å². The molecule has 0 saturated carbocycles. The molecule has 0 aromatic heterocycles. The fourth-order valence-corrected chi connectivity index (χ4v) is 1.33. The predicted octanol–water partition coefficient (Wildman–Crippen LogP) is 0.383. The second-order valence-corrected chi connectivity index (χ2v) is 3.20. The first-order valence-electron chi connectivity index (χ1n) is 4.36. The minimum Gasteiger partial charge on any atom is -0.340 e. The number of nitrogens with one attached hydrogen (secondary N) is 1. The Morgan fingerprint density at radius 3 is 3.25 bits per heavy atom. The van der Waals surface area contributed by atoms with Crippen molar-refractivity contribution in [1.82, 2.24) is 10.2 Å². The lowest BCUT2D eigenvalue weighted by molar-refractivity contribution is -0.132. The summed E-state index contributed by atoms with van der Waals surface area (Å²) in [7, 11) is 0. The van der Waals surface area contributed by atoms with Crippen molar-refractivity contribution in [3.8, 4) is 0 Å². The van der Waals surface area contributed by atoms with E-state index in [1.54, 1.807) is 0 Å². The van der Waals surface area contributed by atoms with E-state index >= 15 is 0 Å². The zero-order chi connectivity index (χ0) is 8.97. The van der Waals surface area contributed by atoms with Gasteiger partial charge in [-0.2, -0.15) is 0 Å². The summed E-state index contributed by atoms with van der Waals surface area (Å²) in [4.78, 5) is 13.2. The van der Waals surface area contributed by atoms with Crippen molar-refractivity contribution in [3.05, 3.63) is 12.7 Å². The van der Waals surface area contributed by atoms with E-state index in [-0.39, 0.29) is 5.91 Å². The molecule has 1 N–H and O–H groups in total. The van der Waals surface area contributed by atoms with Gasteiger partial charge in [0.25, 0.3) is 0 Å². The van der Waals surface area contributed by atoms with E-state index < -0.39 is 0 Å². The number of hydrogen-bond acceptors (Lipinski definition) is 2. The van der Waals surface area contributed by atoms with Crippen molar-refractivity contribution in [2.75, 3.05) is 19.6 Å². The van der Waals surface area contributed by atoms with E-state index in [4.69, 9.17) is 0 Å². The Kier molecular flexibility index (Phi) is 3.29. The van der Waals surface area contributed by atoms with Gasteiger partial charge in [-0.05, 0) is 13.3 Å². The largest absolute Gasteiger partial charge is 0.340 e. The minimum absolute atomic E-state index is 0.204. The highest BCUT2D eigenvalue weighted by molar-refractivity contribution is 5.79. The summed E-state index contributed by atoms with van der Waals surface area (Å²) in [5.41, 5.74) is 0. The third-order valence-corrected chi connectivity index (χ3v) is 2.05. The molecule has 3 nitrogen and oxygen atoms in total. The van der Waals surface area contributed by atoms with Crippen molar-refractivity contribution < 1.29 is 4.79 Å². The minimum atomic E-state index is 0.204. The standard InChI is InChI=1S/C9H16N2O/c1-3-4-5-11-7-8(2)10-6-9(11)12/h3,8,10H,1,4-7H2,2H3/t8-/m0/s1. The first-order chi connectivity index (χ1) is 5.74. The number of amides is 1. The van der Waals surface area contributed by atoms with Crippen LogP contribution in [0.15, 0.2) is 12.7 Å². The van der Waals surface area contributed by atoms with Crippen LogP contribution in [0, 0.1) is 0 Å². The first kappa shape index (κ1) is 9.26. The molecule has 12 heavy (non-hydrogen) atoms. The van der Waals surface area contributed by atoms with Gasteiger partial charge in [-0.25, -0.2) is 0 Å². The molecule has 0 bridgehead atoms. The molecule has 0 spiro atoms. The summed E-state index contributed by atoms with van der Waals surface area (Å²) < 4.78 is 0. The van der Waals surface area contributed by atoms with Gasteiger partial charge in [0.15, 0.2) is 0 Å². The third-order valence-electron chi connectivity index (χ3n) is 2.05. The number of nitrogens with zero attached hydrogens (tertiary/aromatic N) is 1. The first-order valence-corrected chi connectivity index (χ1v) is 4.36. The van der Waals surface area contributed by atoms with Gasteiger partial charge in [0.05, 0.1) is 6.54 Å². The number of hydrogen-bond donors (Lipinski definition) is 1. The van der Waals surface area contributed by atoms with Gasteiger partial charge >= 0.3 is 0 Å². The Labute approximate surface area is 73.4 Å².